The molecule has 1 aromatic rings. The second kappa shape index (κ2) is 6.54. The SMILES string of the molecule is CC1COC(CO)CN1C(=O)CNc1ccccc1. The van der Waals surface area contributed by atoms with Gasteiger partial charge < -0.3 is 20.1 Å². The number of anilines is 1. The molecule has 0 bridgehead atoms. The minimum atomic E-state index is -0.267. The fraction of sp³-hybridized carbons (Fsp3) is 0.500. The van der Waals surface area contributed by atoms with Crippen LogP contribution in [-0.2, 0) is 9.53 Å². The van der Waals surface area contributed by atoms with Gasteiger partial charge in [0.1, 0.15) is 0 Å². The van der Waals surface area contributed by atoms with Gasteiger partial charge in [-0.2, -0.15) is 0 Å². The van der Waals surface area contributed by atoms with Crippen molar-refractivity contribution in [1.82, 2.24) is 4.90 Å². The molecule has 5 nitrogen and oxygen atoms in total. The zero-order valence-electron chi connectivity index (χ0n) is 11.1. The number of para-hydroxylation sites is 1. The third kappa shape index (κ3) is 3.68. The lowest BCUT2D eigenvalue weighted by molar-refractivity contribution is -0.144. The fourth-order valence-electron chi connectivity index (χ4n) is 2.11. The van der Waals surface area contributed by atoms with Gasteiger partial charge in [0.2, 0.25) is 5.91 Å². The number of benzene rings is 1. The molecule has 1 aliphatic rings. The number of aliphatic hydroxyl groups excluding tert-OH is 1. The maximum Gasteiger partial charge on any atom is 0.242 e. The van der Waals surface area contributed by atoms with Gasteiger partial charge >= 0.3 is 0 Å². The van der Waals surface area contributed by atoms with Gasteiger partial charge in [-0.15, -0.1) is 0 Å². The number of carbonyl (C=O) groups excluding carboxylic acids is 1. The molecule has 1 saturated heterocycles. The molecule has 0 aromatic heterocycles. The molecule has 5 heteroatoms. The highest BCUT2D eigenvalue weighted by atomic mass is 16.5. The average Bonchev–Trinajstić information content (AvgIpc) is 2.46. The van der Waals surface area contributed by atoms with Gasteiger partial charge in [-0.05, 0) is 19.1 Å². The van der Waals surface area contributed by atoms with E-state index in [1.54, 1.807) is 4.90 Å². The lowest BCUT2D eigenvalue weighted by Gasteiger charge is -2.37. The lowest BCUT2D eigenvalue weighted by Crippen LogP contribution is -2.53. The van der Waals surface area contributed by atoms with Crippen LogP contribution >= 0.6 is 0 Å². The second-order valence-corrected chi connectivity index (χ2v) is 4.75. The van der Waals surface area contributed by atoms with Crippen LogP contribution in [0.25, 0.3) is 0 Å². The summed E-state index contributed by atoms with van der Waals surface area (Å²) in [6.07, 6.45) is -0.267. The van der Waals surface area contributed by atoms with E-state index in [9.17, 15) is 4.79 Å². The normalized spacial score (nSPS) is 23.2. The van der Waals surface area contributed by atoms with Gasteiger partial charge in [-0.25, -0.2) is 0 Å². The van der Waals surface area contributed by atoms with E-state index in [1.165, 1.54) is 0 Å². The van der Waals surface area contributed by atoms with Crippen molar-refractivity contribution >= 4 is 11.6 Å². The highest BCUT2D eigenvalue weighted by Gasteiger charge is 2.28. The first-order valence-electron chi connectivity index (χ1n) is 6.51. The van der Waals surface area contributed by atoms with Crippen molar-refractivity contribution in [3.8, 4) is 0 Å². The van der Waals surface area contributed by atoms with Gasteiger partial charge in [0.25, 0.3) is 0 Å². The van der Waals surface area contributed by atoms with Gasteiger partial charge in [-0.3, -0.25) is 4.79 Å². The van der Waals surface area contributed by atoms with E-state index in [2.05, 4.69) is 5.32 Å². The molecule has 0 radical (unpaired) electrons. The van der Waals surface area contributed by atoms with Crippen LogP contribution in [-0.4, -0.2) is 54.4 Å². The van der Waals surface area contributed by atoms with Crippen LogP contribution in [0.3, 0.4) is 0 Å². The Balaban J connectivity index is 1.88. The monoisotopic (exact) mass is 264 g/mol. The standard InChI is InChI=1S/C14H20N2O3/c1-11-10-19-13(9-17)8-16(11)14(18)7-15-12-5-3-2-4-6-12/h2-6,11,13,15,17H,7-10H2,1H3. The third-order valence-electron chi connectivity index (χ3n) is 3.25. The maximum atomic E-state index is 12.2. The van der Waals surface area contributed by atoms with Crippen LogP contribution in [0.1, 0.15) is 6.92 Å². The summed E-state index contributed by atoms with van der Waals surface area (Å²) in [5, 5.41) is 12.2. The number of nitrogens with zero attached hydrogens (tertiary/aromatic N) is 1. The van der Waals surface area contributed by atoms with Crippen molar-refractivity contribution in [2.24, 2.45) is 0 Å². The van der Waals surface area contributed by atoms with Crippen LogP contribution in [0.5, 0.6) is 0 Å². The molecule has 2 N–H and O–H groups in total. The number of rotatable bonds is 4. The molecule has 1 amide bonds. The van der Waals surface area contributed by atoms with Crippen molar-refractivity contribution in [1.29, 1.82) is 0 Å². The molecular formula is C14H20N2O3. The Kier molecular flexibility index (Phi) is 4.76. The molecular weight excluding hydrogens is 244 g/mol. The molecule has 2 rings (SSSR count). The third-order valence-corrected chi connectivity index (χ3v) is 3.25. The number of ether oxygens (including phenoxy) is 1. The Hall–Kier alpha value is -1.59. The molecule has 1 fully saturated rings. The number of hydrogen-bond acceptors (Lipinski definition) is 4. The summed E-state index contributed by atoms with van der Waals surface area (Å²) < 4.78 is 5.42. The van der Waals surface area contributed by atoms with E-state index < -0.39 is 0 Å². The van der Waals surface area contributed by atoms with Crippen molar-refractivity contribution in [3.63, 3.8) is 0 Å². The molecule has 2 atom stereocenters. The minimum Gasteiger partial charge on any atom is -0.394 e. The highest BCUT2D eigenvalue weighted by molar-refractivity contribution is 5.81. The van der Waals surface area contributed by atoms with Crippen LogP contribution in [0, 0.1) is 0 Å². The van der Waals surface area contributed by atoms with Crippen molar-refractivity contribution in [3.05, 3.63) is 30.3 Å². The Morgan fingerprint density at radius 2 is 2.21 bits per heavy atom. The molecule has 2 unspecified atom stereocenters. The number of carbonyl (C=O) groups is 1. The van der Waals surface area contributed by atoms with Crippen LogP contribution in [0.4, 0.5) is 5.69 Å². The maximum absolute atomic E-state index is 12.2. The summed E-state index contributed by atoms with van der Waals surface area (Å²) in [4.78, 5) is 13.9. The van der Waals surface area contributed by atoms with Gasteiger partial charge in [0.15, 0.2) is 0 Å². The Labute approximate surface area is 113 Å². The first kappa shape index (κ1) is 13.8. The first-order chi connectivity index (χ1) is 9.20. The van der Waals surface area contributed by atoms with E-state index in [0.29, 0.717) is 13.2 Å². The van der Waals surface area contributed by atoms with Gasteiger partial charge in [0.05, 0.1) is 31.9 Å². The van der Waals surface area contributed by atoms with Crippen LogP contribution in [0.15, 0.2) is 30.3 Å². The molecule has 104 valence electrons. The molecule has 1 aliphatic heterocycles. The Bertz CT molecular complexity index is 410. The Morgan fingerprint density at radius 1 is 1.47 bits per heavy atom. The van der Waals surface area contributed by atoms with E-state index >= 15 is 0 Å². The predicted molar refractivity (Wildman–Crippen MR) is 72.9 cm³/mol. The number of amides is 1. The zero-order chi connectivity index (χ0) is 13.7. The summed E-state index contributed by atoms with van der Waals surface area (Å²) in [5.41, 5.74) is 0.926. The van der Waals surface area contributed by atoms with Crippen LogP contribution in [0.2, 0.25) is 0 Å². The summed E-state index contributed by atoms with van der Waals surface area (Å²) in [5.74, 6) is 0.0260. The number of aliphatic hydroxyl groups is 1. The largest absolute Gasteiger partial charge is 0.394 e. The number of hydrogen-bond donors (Lipinski definition) is 2. The molecule has 0 spiro atoms. The van der Waals surface area contributed by atoms with E-state index in [-0.39, 0.29) is 31.2 Å². The number of nitrogens with one attached hydrogen (secondary N) is 1. The quantitative estimate of drug-likeness (QED) is 0.840. The number of morpholine rings is 1. The summed E-state index contributed by atoms with van der Waals surface area (Å²) in [6, 6.07) is 9.67. The smallest absolute Gasteiger partial charge is 0.242 e. The second-order valence-electron chi connectivity index (χ2n) is 4.75. The van der Waals surface area contributed by atoms with Crippen molar-refractivity contribution in [2.45, 2.75) is 19.1 Å². The summed E-state index contributed by atoms with van der Waals surface area (Å²) >= 11 is 0. The van der Waals surface area contributed by atoms with Gasteiger partial charge in [-0.1, -0.05) is 18.2 Å². The summed E-state index contributed by atoms with van der Waals surface area (Å²) in [7, 11) is 0. The van der Waals surface area contributed by atoms with E-state index in [4.69, 9.17) is 9.84 Å². The predicted octanol–water partition coefficient (Wildman–Crippen LogP) is 0.707. The molecule has 1 aromatic carbocycles. The van der Waals surface area contributed by atoms with Crippen molar-refractivity contribution < 1.29 is 14.6 Å². The Morgan fingerprint density at radius 3 is 2.89 bits per heavy atom. The first-order valence-corrected chi connectivity index (χ1v) is 6.51. The lowest BCUT2D eigenvalue weighted by atomic mass is 10.2. The highest BCUT2D eigenvalue weighted by Crippen LogP contribution is 2.12. The molecule has 19 heavy (non-hydrogen) atoms. The zero-order valence-corrected chi connectivity index (χ0v) is 11.1. The fourth-order valence-corrected chi connectivity index (χ4v) is 2.11. The average molecular weight is 264 g/mol. The van der Waals surface area contributed by atoms with Crippen LogP contribution < -0.4 is 5.32 Å². The molecule has 1 heterocycles. The molecule has 0 aliphatic carbocycles. The van der Waals surface area contributed by atoms with Gasteiger partial charge in [0, 0.05) is 12.2 Å². The summed E-state index contributed by atoms with van der Waals surface area (Å²) in [6.45, 7) is 3.08. The minimum absolute atomic E-state index is 0.0260. The van der Waals surface area contributed by atoms with E-state index in [0.717, 1.165) is 5.69 Å². The molecule has 0 saturated carbocycles. The van der Waals surface area contributed by atoms with E-state index in [1.807, 2.05) is 37.3 Å². The van der Waals surface area contributed by atoms with Crippen molar-refractivity contribution in [2.75, 3.05) is 31.6 Å². The topological polar surface area (TPSA) is 61.8 Å².